The molecule has 33 heavy (non-hydrogen) atoms. The molecule has 3 aromatic rings. The van der Waals surface area contributed by atoms with Gasteiger partial charge in [0.2, 0.25) is 0 Å². The first kappa shape index (κ1) is 20.4. The molecule has 3 nitrogen and oxygen atoms in total. The minimum atomic E-state index is -1.26. The van der Waals surface area contributed by atoms with Gasteiger partial charge >= 0.3 is 5.97 Å². The molecule has 0 saturated carbocycles. The van der Waals surface area contributed by atoms with Crippen LogP contribution in [0.1, 0.15) is 67.3 Å². The number of benzene rings is 3. The van der Waals surface area contributed by atoms with Gasteiger partial charge in [0, 0.05) is 6.42 Å². The number of hydrogen-bond donors (Lipinski definition) is 0. The Morgan fingerprint density at radius 2 is 1.82 bits per heavy atom. The molecule has 0 fully saturated rings. The second-order valence-electron chi connectivity index (χ2n) is 9.61. The molecule has 6 rings (SSSR count). The summed E-state index contributed by atoms with van der Waals surface area (Å²) in [6, 6.07) is 14.9. The van der Waals surface area contributed by atoms with Gasteiger partial charge in [0.1, 0.15) is 0 Å². The highest BCUT2D eigenvalue weighted by Crippen LogP contribution is 2.55. The van der Waals surface area contributed by atoms with Crippen LogP contribution in [0, 0.1) is 0 Å². The number of carbonyl (C=O) groups excluding carboxylic acids is 2. The predicted molar refractivity (Wildman–Crippen MR) is 131 cm³/mol. The van der Waals surface area contributed by atoms with Gasteiger partial charge in [-0.2, -0.15) is 0 Å². The van der Waals surface area contributed by atoms with Crippen LogP contribution in [-0.4, -0.2) is 18.4 Å². The molecule has 3 aromatic carbocycles. The number of carbonyl (C=O) groups is 2. The highest BCUT2D eigenvalue weighted by molar-refractivity contribution is 6.18. The molecule has 1 atom stereocenters. The van der Waals surface area contributed by atoms with Crippen LogP contribution < -0.4 is 0 Å². The number of fused-ring (bicyclic) bond motifs is 4. The van der Waals surface area contributed by atoms with Crippen molar-refractivity contribution in [2.45, 2.75) is 57.8 Å². The monoisotopic (exact) mass is 436 g/mol. The average molecular weight is 437 g/mol. The Kier molecular flexibility index (Phi) is 4.58. The summed E-state index contributed by atoms with van der Waals surface area (Å²) in [5, 5.41) is 2.28. The fraction of sp³-hybridized carbons (Fsp3) is 0.333. The highest BCUT2D eigenvalue weighted by atomic mass is 16.5. The third-order valence-electron chi connectivity index (χ3n) is 7.90. The van der Waals surface area contributed by atoms with Gasteiger partial charge in [-0.3, -0.25) is 9.59 Å². The van der Waals surface area contributed by atoms with E-state index in [1.807, 2.05) is 6.92 Å². The summed E-state index contributed by atoms with van der Waals surface area (Å²) in [5.74, 6) is -0.529. The van der Waals surface area contributed by atoms with Crippen molar-refractivity contribution in [2.75, 3.05) is 6.61 Å². The third-order valence-corrected chi connectivity index (χ3v) is 7.90. The van der Waals surface area contributed by atoms with Crippen LogP contribution in [0.15, 0.2) is 48.5 Å². The summed E-state index contributed by atoms with van der Waals surface area (Å²) < 4.78 is 5.57. The largest absolute Gasteiger partial charge is 0.465 e. The molecule has 1 unspecified atom stereocenters. The van der Waals surface area contributed by atoms with Crippen molar-refractivity contribution in [3.8, 4) is 11.1 Å². The lowest BCUT2D eigenvalue weighted by molar-refractivity contribution is -0.153. The van der Waals surface area contributed by atoms with Gasteiger partial charge < -0.3 is 4.74 Å². The summed E-state index contributed by atoms with van der Waals surface area (Å²) in [6.07, 6.45) is 8.16. The van der Waals surface area contributed by atoms with E-state index in [-0.39, 0.29) is 12.4 Å². The van der Waals surface area contributed by atoms with Crippen LogP contribution in [0.4, 0.5) is 0 Å². The molecule has 0 radical (unpaired) electrons. The van der Waals surface area contributed by atoms with E-state index in [9.17, 15) is 9.59 Å². The Morgan fingerprint density at radius 3 is 2.58 bits per heavy atom. The molecule has 3 aliphatic rings. The fourth-order valence-corrected chi connectivity index (χ4v) is 6.51. The smallest absolute Gasteiger partial charge is 0.324 e. The Bertz CT molecular complexity index is 1380. The molecule has 0 spiro atoms. The third kappa shape index (κ3) is 2.68. The van der Waals surface area contributed by atoms with Crippen LogP contribution in [0.5, 0.6) is 0 Å². The molecule has 166 valence electrons. The minimum absolute atomic E-state index is 0.124. The van der Waals surface area contributed by atoms with Crippen LogP contribution >= 0.6 is 0 Å². The van der Waals surface area contributed by atoms with Gasteiger partial charge in [-0.25, -0.2) is 0 Å². The quantitative estimate of drug-likeness (QED) is 0.278. The molecule has 0 aromatic heterocycles. The summed E-state index contributed by atoms with van der Waals surface area (Å²) in [7, 11) is 0. The maximum Gasteiger partial charge on any atom is 0.324 e. The molecule has 0 bridgehead atoms. The maximum atomic E-state index is 13.5. The second kappa shape index (κ2) is 7.41. The zero-order valence-electron chi connectivity index (χ0n) is 19.3. The van der Waals surface area contributed by atoms with E-state index in [1.54, 1.807) is 6.92 Å². The average Bonchev–Trinajstić information content (AvgIpc) is 3.38. The van der Waals surface area contributed by atoms with Crippen molar-refractivity contribution in [3.05, 3.63) is 76.4 Å². The van der Waals surface area contributed by atoms with E-state index in [0.29, 0.717) is 6.42 Å². The maximum absolute atomic E-state index is 13.5. The Labute approximate surface area is 194 Å². The fourth-order valence-electron chi connectivity index (χ4n) is 6.51. The van der Waals surface area contributed by atoms with Gasteiger partial charge in [0.05, 0.1) is 6.61 Å². The van der Waals surface area contributed by atoms with Crippen molar-refractivity contribution < 1.29 is 14.3 Å². The van der Waals surface area contributed by atoms with Crippen LogP contribution in [0.25, 0.3) is 27.5 Å². The van der Waals surface area contributed by atoms with E-state index in [1.165, 1.54) is 46.1 Å². The van der Waals surface area contributed by atoms with Crippen LogP contribution in [-0.2, 0) is 32.6 Å². The molecule has 0 N–H and O–H groups in total. The highest BCUT2D eigenvalue weighted by Gasteiger charge is 2.54. The first-order valence-electron chi connectivity index (χ1n) is 12.1. The number of ether oxygens (including phenoxy) is 1. The lowest BCUT2D eigenvalue weighted by atomic mass is 9.73. The van der Waals surface area contributed by atoms with Gasteiger partial charge in [-0.15, -0.1) is 0 Å². The predicted octanol–water partition coefficient (Wildman–Crippen LogP) is 6.31. The van der Waals surface area contributed by atoms with Crippen molar-refractivity contribution in [2.24, 2.45) is 0 Å². The zero-order valence-corrected chi connectivity index (χ0v) is 19.3. The number of hydrogen-bond acceptors (Lipinski definition) is 3. The lowest BCUT2D eigenvalue weighted by Crippen LogP contribution is -2.44. The van der Waals surface area contributed by atoms with Gasteiger partial charge in [0.25, 0.3) is 0 Å². The number of Topliss-reactive ketones (excluding diaryl/α,β-unsaturated/α-hetero) is 1. The molecule has 3 aliphatic carbocycles. The van der Waals surface area contributed by atoms with Crippen LogP contribution in [0.2, 0.25) is 0 Å². The number of rotatable bonds is 4. The molecular formula is C30H28O3. The second-order valence-corrected chi connectivity index (χ2v) is 9.61. The first-order chi connectivity index (χ1) is 16.1. The van der Waals surface area contributed by atoms with Gasteiger partial charge in [-0.1, -0.05) is 48.5 Å². The Morgan fingerprint density at radius 1 is 1.00 bits per heavy atom. The normalized spacial score (nSPS) is 20.4. The SMILES string of the molecule is CCOC(=O)C1(C(C)=O)Cc2cccc3c(C4=CCCCC4)c4c(c1c23)Cc1ccccc1-4. The first-order valence-corrected chi connectivity index (χ1v) is 12.1. The number of ketones is 1. The van der Waals surface area contributed by atoms with Crippen molar-refractivity contribution >= 4 is 28.1 Å². The van der Waals surface area contributed by atoms with E-state index in [2.05, 4.69) is 48.5 Å². The lowest BCUT2D eigenvalue weighted by Gasteiger charge is -2.29. The standard InChI is InChI=1S/C30H28O3/c1-3-33-29(32)30(18(2)31)17-21-13-9-15-23-25(19-10-5-4-6-11-19)27-22-14-8-7-12-20(22)16-24(27)28(30)26(21)23/h7-10,12-15H,3-6,11,16-17H2,1-2H3. The van der Waals surface area contributed by atoms with Crippen molar-refractivity contribution in [1.82, 2.24) is 0 Å². The Balaban J connectivity index is 1.78. The van der Waals surface area contributed by atoms with E-state index in [4.69, 9.17) is 4.74 Å². The molecule has 0 saturated heterocycles. The minimum Gasteiger partial charge on any atom is -0.465 e. The van der Waals surface area contributed by atoms with Crippen molar-refractivity contribution in [1.29, 1.82) is 0 Å². The van der Waals surface area contributed by atoms with E-state index < -0.39 is 11.4 Å². The topological polar surface area (TPSA) is 43.4 Å². The summed E-state index contributed by atoms with van der Waals surface area (Å²) in [4.78, 5) is 26.9. The molecular weight excluding hydrogens is 408 g/mol. The van der Waals surface area contributed by atoms with E-state index in [0.717, 1.165) is 41.3 Å². The molecule has 0 heterocycles. The summed E-state index contributed by atoms with van der Waals surface area (Å²) in [5.41, 5.74) is 8.36. The van der Waals surface area contributed by atoms with E-state index >= 15 is 0 Å². The zero-order chi connectivity index (χ0) is 22.7. The van der Waals surface area contributed by atoms with Crippen LogP contribution in [0.3, 0.4) is 0 Å². The number of allylic oxidation sites excluding steroid dienone is 2. The van der Waals surface area contributed by atoms with Gasteiger partial charge in [-0.05, 0) is 101 Å². The number of esters is 1. The summed E-state index contributed by atoms with van der Waals surface area (Å²) >= 11 is 0. The summed E-state index contributed by atoms with van der Waals surface area (Å²) in [6.45, 7) is 3.63. The molecule has 0 aliphatic heterocycles. The van der Waals surface area contributed by atoms with Crippen molar-refractivity contribution in [3.63, 3.8) is 0 Å². The molecule has 0 amide bonds. The van der Waals surface area contributed by atoms with Gasteiger partial charge in [0.15, 0.2) is 11.2 Å². The Hall–Kier alpha value is -3.20. The molecule has 3 heteroatoms.